The highest BCUT2D eigenvalue weighted by molar-refractivity contribution is 5.84. The first-order chi connectivity index (χ1) is 7.72. The number of hydrogen-bond acceptors (Lipinski definition) is 2. The standard InChI is InChI=1S/C11H12N2O2/c12-9(11(14)15)5-7-6-13-10-4-2-1-3-8(7)10/h1-4,6,9,13H,5,12H2,(H,14,15)/i/hD. The van der Waals surface area contributed by atoms with Crippen molar-refractivity contribution in [2.24, 2.45) is 5.73 Å². The third kappa shape index (κ3) is 1.85. The number of hydrogen-bond donors (Lipinski definition) is 3. The number of carboxylic acids is 1. The molecule has 0 fully saturated rings. The van der Waals surface area contributed by atoms with Crippen molar-refractivity contribution >= 4 is 16.9 Å². The second-order valence-corrected chi connectivity index (χ2v) is 3.45. The lowest BCUT2D eigenvalue weighted by atomic mass is 10.1. The van der Waals surface area contributed by atoms with Crippen LogP contribution in [-0.4, -0.2) is 22.1 Å². The van der Waals surface area contributed by atoms with Gasteiger partial charge in [0.15, 0.2) is 0 Å². The Morgan fingerprint density at radius 3 is 3.13 bits per heavy atom. The number of aromatic amines is 1. The van der Waals surface area contributed by atoms with Crippen molar-refractivity contribution in [3.8, 4) is 0 Å². The molecule has 1 heterocycles. The van der Waals surface area contributed by atoms with Gasteiger partial charge in [0.05, 0.1) is 0 Å². The molecule has 0 aliphatic carbocycles. The molecule has 0 radical (unpaired) electrons. The lowest BCUT2D eigenvalue weighted by Crippen LogP contribution is -2.32. The van der Waals surface area contributed by atoms with E-state index in [2.05, 4.69) is 4.98 Å². The van der Waals surface area contributed by atoms with Crippen LogP contribution in [0.1, 0.15) is 5.56 Å². The number of H-pyrrole nitrogens is 1. The summed E-state index contributed by atoms with van der Waals surface area (Å²) in [6.07, 6.45) is 2.08. The molecule has 0 aliphatic rings. The highest BCUT2D eigenvalue weighted by Crippen LogP contribution is 2.18. The van der Waals surface area contributed by atoms with Crippen molar-refractivity contribution < 1.29 is 11.3 Å². The summed E-state index contributed by atoms with van der Waals surface area (Å²) in [5, 5.41) is 9.86. The van der Waals surface area contributed by atoms with E-state index in [0.717, 1.165) is 16.5 Å². The number of aliphatic carboxylic acids is 1. The molecule has 0 amide bonds. The molecule has 4 N–H and O–H groups in total. The second-order valence-electron chi connectivity index (χ2n) is 3.45. The van der Waals surface area contributed by atoms with E-state index in [1.807, 2.05) is 30.0 Å². The number of para-hydroxylation sites is 1. The van der Waals surface area contributed by atoms with Gasteiger partial charge in [0.1, 0.15) is 7.45 Å². The Bertz CT molecular complexity index is 509. The van der Waals surface area contributed by atoms with Gasteiger partial charge in [-0.25, -0.2) is 0 Å². The van der Waals surface area contributed by atoms with Gasteiger partial charge in [-0.2, -0.15) is 0 Å². The molecular formula is C11H12N2O2. The summed E-state index contributed by atoms with van der Waals surface area (Å²) in [7, 11) is 0. The fourth-order valence-electron chi connectivity index (χ4n) is 1.61. The van der Waals surface area contributed by atoms with E-state index in [-0.39, 0.29) is 0 Å². The van der Waals surface area contributed by atoms with Crippen molar-refractivity contribution in [3.63, 3.8) is 0 Å². The smallest absolute Gasteiger partial charge is 0.320 e. The van der Waals surface area contributed by atoms with Gasteiger partial charge in [-0.05, 0) is 11.6 Å². The Morgan fingerprint density at radius 2 is 2.40 bits per heavy atom. The number of carbonyl (C=O) groups is 1. The first kappa shape index (κ1) is 8.49. The quantitative estimate of drug-likeness (QED) is 0.699. The minimum Gasteiger partial charge on any atom is -0.480 e. The lowest BCUT2D eigenvalue weighted by molar-refractivity contribution is -0.138. The molecule has 0 saturated heterocycles. The van der Waals surface area contributed by atoms with Gasteiger partial charge in [0.2, 0.25) is 0 Å². The molecule has 1 aromatic carbocycles. The minimum atomic E-state index is -1.01. The Hall–Kier alpha value is -1.81. The van der Waals surface area contributed by atoms with E-state index in [9.17, 15) is 4.79 Å². The molecule has 2 rings (SSSR count). The topological polar surface area (TPSA) is 79.1 Å². The SMILES string of the molecule is [2H]NC(Cc1c[nH]c2ccccc12)C(=O)O. The molecule has 78 valence electrons. The van der Waals surface area contributed by atoms with E-state index in [4.69, 9.17) is 6.52 Å². The first-order valence-electron chi connectivity index (χ1n) is 5.17. The first-order valence-corrected chi connectivity index (χ1v) is 4.67. The van der Waals surface area contributed by atoms with Gasteiger partial charge >= 0.3 is 5.97 Å². The largest absolute Gasteiger partial charge is 0.480 e. The second kappa shape index (κ2) is 3.74. The van der Waals surface area contributed by atoms with Crippen LogP contribution >= 0.6 is 0 Å². The summed E-state index contributed by atoms with van der Waals surface area (Å²) in [5.74, 6) is -1.01. The van der Waals surface area contributed by atoms with Crippen molar-refractivity contribution in [2.75, 3.05) is 0 Å². The van der Waals surface area contributed by atoms with Crippen LogP contribution < -0.4 is 5.73 Å². The molecule has 4 heteroatoms. The van der Waals surface area contributed by atoms with Gasteiger partial charge < -0.3 is 15.8 Å². The molecule has 0 bridgehead atoms. The van der Waals surface area contributed by atoms with E-state index in [1.54, 1.807) is 6.20 Å². The number of carboxylic acid groups (broad SMARTS) is 1. The van der Waals surface area contributed by atoms with Gasteiger partial charge in [0.25, 0.3) is 0 Å². The monoisotopic (exact) mass is 205 g/mol. The van der Waals surface area contributed by atoms with E-state index in [0.29, 0.717) is 6.42 Å². The van der Waals surface area contributed by atoms with Gasteiger partial charge in [-0.3, -0.25) is 4.79 Å². The summed E-state index contributed by atoms with van der Waals surface area (Å²) in [6.45, 7) is 0. The van der Waals surface area contributed by atoms with Crippen molar-refractivity contribution in [1.82, 2.24) is 4.98 Å². The number of fused-ring (bicyclic) bond motifs is 1. The fourth-order valence-corrected chi connectivity index (χ4v) is 1.61. The third-order valence-corrected chi connectivity index (χ3v) is 2.40. The summed E-state index contributed by atoms with van der Waals surface area (Å²) >= 11 is 0. The number of rotatable bonds is 4. The van der Waals surface area contributed by atoms with Crippen LogP contribution in [0.15, 0.2) is 30.5 Å². The number of nitrogens with one attached hydrogen (secondary N) is 1. The molecular weight excluding hydrogens is 192 g/mol. The predicted octanol–water partition coefficient (Wildman–Crippen LogP) is 1.12. The minimum absolute atomic E-state index is 0.294. The number of nitrogens with two attached hydrogens (primary N) is 1. The Labute approximate surface area is 88.2 Å². The summed E-state index contributed by atoms with van der Waals surface area (Å²) in [6, 6.07) is 6.82. The molecule has 1 unspecified atom stereocenters. The van der Waals surface area contributed by atoms with Crippen molar-refractivity contribution in [2.45, 2.75) is 12.5 Å². The molecule has 1 atom stereocenters. The number of aromatic nitrogens is 1. The van der Waals surface area contributed by atoms with Gasteiger partial charge in [-0.15, -0.1) is 0 Å². The Balaban J connectivity index is 2.30. The average Bonchev–Trinajstić information content (AvgIpc) is 2.69. The highest BCUT2D eigenvalue weighted by atomic mass is 16.4. The molecule has 1 aromatic heterocycles. The van der Waals surface area contributed by atoms with Gasteiger partial charge in [-0.1, -0.05) is 18.2 Å². The fraction of sp³-hybridized carbons (Fsp3) is 0.182. The van der Waals surface area contributed by atoms with Crippen LogP contribution in [0.4, 0.5) is 0 Å². The molecule has 4 nitrogen and oxygen atoms in total. The van der Waals surface area contributed by atoms with Crippen LogP contribution in [0, 0.1) is 0 Å². The van der Waals surface area contributed by atoms with Crippen LogP contribution in [0.5, 0.6) is 0 Å². The van der Waals surface area contributed by atoms with Crippen LogP contribution in [0.25, 0.3) is 10.9 Å². The van der Waals surface area contributed by atoms with Crippen LogP contribution in [-0.2, 0) is 11.2 Å². The zero-order valence-electron chi connectivity index (χ0n) is 9.03. The zero-order chi connectivity index (χ0) is 11.5. The molecule has 0 spiro atoms. The van der Waals surface area contributed by atoms with Crippen LogP contribution in [0.3, 0.4) is 0 Å². The van der Waals surface area contributed by atoms with Crippen molar-refractivity contribution in [1.29, 1.82) is 0 Å². The number of benzene rings is 1. The highest BCUT2D eigenvalue weighted by Gasteiger charge is 2.14. The average molecular weight is 205 g/mol. The molecule has 0 aliphatic heterocycles. The molecule has 0 saturated carbocycles. The maximum absolute atomic E-state index is 10.8. The molecule has 2 aromatic rings. The Morgan fingerprint density at radius 1 is 1.60 bits per heavy atom. The lowest BCUT2D eigenvalue weighted by Gasteiger charge is -2.04. The Kier molecular flexibility index (Phi) is 2.12. The van der Waals surface area contributed by atoms with Crippen LogP contribution in [0.2, 0.25) is 1.41 Å². The predicted molar refractivity (Wildman–Crippen MR) is 57.6 cm³/mol. The van der Waals surface area contributed by atoms with Crippen molar-refractivity contribution in [3.05, 3.63) is 36.0 Å². The maximum Gasteiger partial charge on any atom is 0.320 e. The van der Waals surface area contributed by atoms with E-state index < -0.39 is 12.0 Å². The van der Waals surface area contributed by atoms with E-state index >= 15 is 0 Å². The molecule has 15 heavy (non-hydrogen) atoms. The summed E-state index contributed by atoms with van der Waals surface area (Å²) in [5.41, 5.74) is 3.92. The maximum atomic E-state index is 10.8. The zero-order valence-corrected chi connectivity index (χ0v) is 8.03. The summed E-state index contributed by atoms with van der Waals surface area (Å²) < 4.78 is 6.96. The van der Waals surface area contributed by atoms with E-state index in [1.165, 1.54) is 0 Å². The normalized spacial score (nSPS) is 13.7. The third-order valence-electron chi connectivity index (χ3n) is 2.40. The summed E-state index contributed by atoms with van der Waals surface area (Å²) in [4.78, 5) is 13.9. The van der Waals surface area contributed by atoms with Gasteiger partial charge in [0, 0.05) is 23.5 Å².